The number of nitrogens with zero attached hydrogens (tertiary/aromatic N) is 1. The summed E-state index contributed by atoms with van der Waals surface area (Å²) in [5.74, 6) is 0.569. The van der Waals surface area contributed by atoms with Crippen molar-refractivity contribution in [2.45, 2.75) is 32.7 Å². The molecular weight excluding hydrogens is 328 g/mol. The third-order valence-electron chi connectivity index (χ3n) is 3.31. The van der Waals surface area contributed by atoms with Gasteiger partial charge in [0.2, 0.25) is 0 Å². The Labute approximate surface area is 145 Å². The van der Waals surface area contributed by atoms with Crippen molar-refractivity contribution >= 4 is 22.4 Å². The van der Waals surface area contributed by atoms with Gasteiger partial charge in [-0.3, -0.25) is 4.79 Å². The highest BCUT2D eigenvalue weighted by Gasteiger charge is 2.08. The van der Waals surface area contributed by atoms with E-state index in [4.69, 9.17) is 14.6 Å². The Balaban J connectivity index is 1.94. The molecule has 0 aliphatic carbocycles. The molecule has 0 bridgehead atoms. The monoisotopic (exact) mass is 350 g/mol. The Kier molecular flexibility index (Phi) is 6.87. The number of ether oxygens (including phenoxy) is 2. The van der Waals surface area contributed by atoms with Crippen molar-refractivity contribution in [3.8, 4) is 11.5 Å². The van der Waals surface area contributed by atoms with Crippen LogP contribution in [0.4, 0.5) is 5.13 Å². The Morgan fingerprint density at radius 3 is 2.92 bits per heavy atom. The first-order chi connectivity index (χ1) is 11.6. The second kappa shape index (κ2) is 9.12. The molecular formula is C17H22N2O4S. The lowest BCUT2D eigenvalue weighted by molar-refractivity contribution is -0.136. The van der Waals surface area contributed by atoms with Gasteiger partial charge in [-0.25, -0.2) is 4.98 Å². The third kappa shape index (κ3) is 5.42. The Morgan fingerprint density at radius 2 is 2.21 bits per heavy atom. The number of hydrogen-bond donors (Lipinski definition) is 2. The number of methoxy groups -OCH3 is 1. The highest BCUT2D eigenvalue weighted by molar-refractivity contribution is 7.13. The van der Waals surface area contributed by atoms with Gasteiger partial charge in [-0.05, 0) is 24.1 Å². The van der Waals surface area contributed by atoms with Gasteiger partial charge in [-0.1, -0.05) is 19.4 Å². The van der Waals surface area contributed by atoms with E-state index in [1.165, 1.54) is 11.3 Å². The number of thiazole rings is 1. The maximum absolute atomic E-state index is 10.7. The zero-order chi connectivity index (χ0) is 17.4. The van der Waals surface area contributed by atoms with Crippen molar-refractivity contribution in [3.63, 3.8) is 0 Å². The molecule has 0 unspecified atom stereocenters. The van der Waals surface area contributed by atoms with Crippen LogP contribution < -0.4 is 14.8 Å². The van der Waals surface area contributed by atoms with E-state index in [-0.39, 0.29) is 6.42 Å². The summed E-state index contributed by atoms with van der Waals surface area (Å²) in [6.07, 6.45) is 2.03. The minimum atomic E-state index is -0.879. The first kappa shape index (κ1) is 18.1. The molecule has 0 aliphatic rings. The van der Waals surface area contributed by atoms with Crippen molar-refractivity contribution in [1.29, 1.82) is 0 Å². The minimum Gasteiger partial charge on any atom is -0.493 e. The lowest BCUT2D eigenvalue weighted by Gasteiger charge is -2.12. The fourth-order valence-corrected chi connectivity index (χ4v) is 2.78. The Bertz CT molecular complexity index is 672. The van der Waals surface area contributed by atoms with E-state index >= 15 is 0 Å². The second-order valence-electron chi connectivity index (χ2n) is 5.26. The summed E-state index contributed by atoms with van der Waals surface area (Å²) in [4.78, 5) is 14.9. The van der Waals surface area contributed by atoms with Crippen LogP contribution >= 0.6 is 11.3 Å². The molecule has 2 aromatic rings. The van der Waals surface area contributed by atoms with Crippen molar-refractivity contribution in [1.82, 2.24) is 4.98 Å². The molecule has 7 heteroatoms. The predicted molar refractivity (Wildman–Crippen MR) is 94.2 cm³/mol. The lowest BCUT2D eigenvalue weighted by Crippen LogP contribution is -2.03. The lowest BCUT2D eigenvalue weighted by atomic mass is 10.2. The van der Waals surface area contributed by atoms with Crippen LogP contribution in [0.25, 0.3) is 0 Å². The third-order valence-corrected chi connectivity index (χ3v) is 4.16. The SMILES string of the molecule is CCCCOc1ccc(CNc2nc(CC(=O)O)cs2)cc1OC. The van der Waals surface area contributed by atoms with Crippen molar-refractivity contribution in [3.05, 3.63) is 34.8 Å². The average Bonchev–Trinajstić information content (AvgIpc) is 3.00. The van der Waals surface area contributed by atoms with Gasteiger partial charge in [0.1, 0.15) is 0 Å². The van der Waals surface area contributed by atoms with Crippen molar-refractivity contribution < 1.29 is 19.4 Å². The first-order valence-corrected chi connectivity index (χ1v) is 8.70. The molecule has 2 rings (SSSR count). The smallest absolute Gasteiger partial charge is 0.309 e. The van der Waals surface area contributed by atoms with Crippen LogP contribution in [0.1, 0.15) is 31.0 Å². The summed E-state index contributed by atoms with van der Waals surface area (Å²) in [5, 5.41) is 14.4. The zero-order valence-electron chi connectivity index (χ0n) is 13.9. The number of anilines is 1. The number of aromatic nitrogens is 1. The van der Waals surface area contributed by atoms with E-state index in [2.05, 4.69) is 17.2 Å². The molecule has 130 valence electrons. The average molecular weight is 350 g/mol. The van der Waals surface area contributed by atoms with Crippen LogP contribution in [-0.2, 0) is 17.8 Å². The highest BCUT2D eigenvalue weighted by atomic mass is 32.1. The highest BCUT2D eigenvalue weighted by Crippen LogP contribution is 2.28. The van der Waals surface area contributed by atoms with Gasteiger partial charge >= 0.3 is 5.97 Å². The molecule has 2 N–H and O–H groups in total. The quantitative estimate of drug-likeness (QED) is 0.638. The maximum Gasteiger partial charge on any atom is 0.309 e. The molecule has 1 aromatic carbocycles. The van der Waals surface area contributed by atoms with Crippen LogP contribution in [0.5, 0.6) is 11.5 Å². The molecule has 0 spiro atoms. The van der Waals surface area contributed by atoms with E-state index in [0.29, 0.717) is 29.7 Å². The van der Waals surface area contributed by atoms with Crippen LogP contribution in [0.2, 0.25) is 0 Å². The molecule has 0 radical (unpaired) electrons. The number of benzene rings is 1. The summed E-state index contributed by atoms with van der Waals surface area (Å²) in [5.41, 5.74) is 1.59. The summed E-state index contributed by atoms with van der Waals surface area (Å²) < 4.78 is 11.1. The first-order valence-electron chi connectivity index (χ1n) is 7.82. The Hall–Kier alpha value is -2.28. The zero-order valence-corrected chi connectivity index (χ0v) is 14.7. The number of carboxylic acids is 1. The van der Waals surface area contributed by atoms with Crippen molar-refractivity contribution in [2.24, 2.45) is 0 Å². The van der Waals surface area contributed by atoms with Gasteiger partial charge in [0.05, 0.1) is 25.8 Å². The molecule has 1 aromatic heterocycles. The van der Waals surface area contributed by atoms with Gasteiger partial charge in [0.25, 0.3) is 0 Å². The van der Waals surface area contributed by atoms with Gasteiger partial charge in [-0.15, -0.1) is 11.3 Å². The topological polar surface area (TPSA) is 80.7 Å². The van der Waals surface area contributed by atoms with E-state index in [0.717, 1.165) is 24.2 Å². The summed E-state index contributed by atoms with van der Waals surface area (Å²) >= 11 is 1.40. The minimum absolute atomic E-state index is 0.0597. The van der Waals surface area contributed by atoms with Crippen molar-refractivity contribution in [2.75, 3.05) is 19.0 Å². The number of hydrogen-bond acceptors (Lipinski definition) is 6. The summed E-state index contributed by atoms with van der Waals surface area (Å²) in [6, 6.07) is 5.81. The molecule has 6 nitrogen and oxygen atoms in total. The molecule has 0 atom stereocenters. The standard InChI is InChI=1S/C17H22N2O4S/c1-3-4-7-23-14-6-5-12(8-15(14)22-2)10-18-17-19-13(11-24-17)9-16(20)21/h5-6,8,11H,3-4,7,9-10H2,1-2H3,(H,18,19)(H,20,21). The van der Waals surface area contributed by atoms with E-state index in [9.17, 15) is 4.79 Å². The largest absolute Gasteiger partial charge is 0.493 e. The number of carbonyl (C=O) groups is 1. The number of nitrogens with one attached hydrogen (secondary N) is 1. The van der Waals surface area contributed by atoms with E-state index < -0.39 is 5.97 Å². The van der Waals surface area contributed by atoms with Crippen LogP contribution in [0.3, 0.4) is 0 Å². The second-order valence-corrected chi connectivity index (χ2v) is 6.11. The van der Waals surface area contributed by atoms with Gasteiger partial charge < -0.3 is 19.9 Å². The normalized spacial score (nSPS) is 10.4. The fourth-order valence-electron chi connectivity index (χ4n) is 2.07. The summed E-state index contributed by atoms with van der Waals surface area (Å²) in [6.45, 7) is 3.37. The van der Waals surface area contributed by atoms with E-state index in [1.807, 2.05) is 18.2 Å². The maximum atomic E-state index is 10.7. The number of unbranched alkanes of at least 4 members (excludes halogenated alkanes) is 1. The van der Waals surface area contributed by atoms with Gasteiger partial charge in [0.15, 0.2) is 16.6 Å². The Morgan fingerprint density at radius 1 is 1.38 bits per heavy atom. The molecule has 1 heterocycles. The molecule has 0 fully saturated rings. The van der Waals surface area contributed by atoms with Gasteiger partial charge in [0, 0.05) is 11.9 Å². The fraction of sp³-hybridized carbons (Fsp3) is 0.412. The summed E-state index contributed by atoms with van der Waals surface area (Å²) in [7, 11) is 1.62. The molecule has 24 heavy (non-hydrogen) atoms. The number of rotatable bonds is 10. The van der Waals surface area contributed by atoms with Crippen LogP contribution in [0.15, 0.2) is 23.6 Å². The van der Waals surface area contributed by atoms with E-state index in [1.54, 1.807) is 12.5 Å². The van der Waals surface area contributed by atoms with Crippen LogP contribution in [-0.4, -0.2) is 29.8 Å². The van der Waals surface area contributed by atoms with Gasteiger partial charge in [-0.2, -0.15) is 0 Å². The van der Waals surface area contributed by atoms with Crippen LogP contribution in [0, 0.1) is 0 Å². The molecule has 0 saturated heterocycles. The predicted octanol–water partition coefficient (Wildman–Crippen LogP) is 3.57. The molecule has 0 amide bonds. The molecule has 0 aliphatic heterocycles. The number of carboxylic acid groups (broad SMARTS) is 1. The number of aliphatic carboxylic acids is 1. The molecule has 0 saturated carbocycles.